The van der Waals surface area contributed by atoms with Gasteiger partial charge in [0, 0.05) is 38.1 Å². The summed E-state index contributed by atoms with van der Waals surface area (Å²) in [5.41, 5.74) is 1.50. The first-order valence-corrected chi connectivity index (χ1v) is 7.59. The van der Waals surface area contributed by atoms with E-state index in [2.05, 4.69) is 29.0 Å². The Hall–Kier alpha value is -1.46. The van der Waals surface area contributed by atoms with Crippen molar-refractivity contribution in [3.63, 3.8) is 0 Å². The maximum absolute atomic E-state index is 12.0. The maximum atomic E-state index is 12.0. The molecule has 2 rings (SSSR count). The molecule has 2 heterocycles. The third-order valence-electron chi connectivity index (χ3n) is 3.51. The molecule has 116 valence electrons. The smallest absolute Gasteiger partial charge is 0.252 e. The molecule has 0 radical (unpaired) electrons. The average molecular weight is 291 g/mol. The van der Waals surface area contributed by atoms with Crippen LogP contribution < -0.4 is 5.32 Å². The fourth-order valence-corrected chi connectivity index (χ4v) is 2.50. The highest BCUT2D eigenvalue weighted by Crippen LogP contribution is 2.08. The Bertz CT molecular complexity index is 459. The summed E-state index contributed by atoms with van der Waals surface area (Å²) in [6.07, 6.45) is 1.68. The van der Waals surface area contributed by atoms with Gasteiger partial charge in [-0.05, 0) is 25.0 Å². The molecule has 21 heavy (non-hydrogen) atoms. The molecule has 0 saturated carbocycles. The number of amides is 1. The van der Waals surface area contributed by atoms with E-state index in [-0.39, 0.29) is 12.0 Å². The number of hydrogen-bond acceptors (Lipinski definition) is 4. The summed E-state index contributed by atoms with van der Waals surface area (Å²) in [4.78, 5) is 18.6. The summed E-state index contributed by atoms with van der Waals surface area (Å²) in [6, 6.07) is 3.64. The highest BCUT2D eigenvalue weighted by atomic mass is 16.5. The van der Waals surface area contributed by atoms with E-state index in [0.29, 0.717) is 18.0 Å². The van der Waals surface area contributed by atoms with Crippen LogP contribution in [0.15, 0.2) is 18.3 Å². The van der Waals surface area contributed by atoms with Crippen LogP contribution in [0.2, 0.25) is 0 Å². The van der Waals surface area contributed by atoms with Gasteiger partial charge in [0.25, 0.3) is 5.91 Å². The largest absolute Gasteiger partial charge is 0.374 e. The minimum Gasteiger partial charge on any atom is -0.374 e. The second kappa shape index (κ2) is 7.52. The number of morpholine rings is 1. The van der Waals surface area contributed by atoms with E-state index in [4.69, 9.17) is 4.74 Å². The Kier molecular flexibility index (Phi) is 5.70. The van der Waals surface area contributed by atoms with Crippen molar-refractivity contribution < 1.29 is 9.53 Å². The zero-order valence-corrected chi connectivity index (χ0v) is 13.1. The molecule has 1 fully saturated rings. The minimum atomic E-state index is -0.0907. The van der Waals surface area contributed by atoms with Crippen molar-refractivity contribution in [3.05, 3.63) is 29.6 Å². The van der Waals surface area contributed by atoms with Crippen LogP contribution in [0.1, 0.15) is 29.9 Å². The van der Waals surface area contributed by atoms with Gasteiger partial charge in [0.05, 0.1) is 18.3 Å². The normalized spacial score (nSPS) is 19.7. The van der Waals surface area contributed by atoms with Crippen molar-refractivity contribution in [1.82, 2.24) is 15.2 Å². The third-order valence-corrected chi connectivity index (χ3v) is 3.51. The summed E-state index contributed by atoms with van der Waals surface area (Å²) in [5.74, 6) is 0.559. The van der Waals surface area contributed by atoms with E-state index in [0.717, 1.165) is 31.9 Å². The highest BCUT2D eigenvalue weighted by molar-refractivity contribution is 5.93. The monoisotopic (exact) mass is 291 g/mol. The average Bonchev–Trinajstić information content (AvgIpc) is 2.45. The van der Waals surface area contributed by atoms with Crippen LogP contribution in [0.25, 0.3) is 0 Å². The number of nitrogens with one attached hydrogen (secondary N) is 1. The van der Waals surface area contributed by atoms with Crippen LogP contribution in [0.3, 0.4) is 0 Å². The molecule has 1 atom stereocenters. The standard InChI is InChI=1S/C16H25N3O2/c1-12(2)10-19-6-7-21-15(11-19)9-18-16(20)14-5-4-13(3)17-8-14/h4-5,8,12,15H,6-7,9-11H2,1-3H3,(H,18,20). The fourth-order valence-electron chi connectivity index (χ4n) is 2.50. The minimum absolute atomic E-state index is 0.0693. The second-order valence-corrected chi connectivity index (χ2v) is 6.04. The van der Waals surface area contributed by atoms with Crippen LogP contribution >= 0.6 is 0 Å². The maximum Gasteiger partial charge on any atom is 0.252 e. The van der Waals surface area contributed by atoms with E-state index in [1.807, 2.05) is 13.0 Å². The molecule has 1 aliphatic rings. The molecular weight excluding hydrogens is 266 g/mol. The van der Waals surface area contributed by atoms with Gasteiger partial charge in [0.15, 0.2) is 0 Å². The SMILES string of the molecule is Cc1ccc(C(=O)NCC2CN(CC(C)C)CCO2)cn1. The molecule has 1 N–H and O–H groups in total. The Morgan fingerprint density at radius 2 is 2.33 bits per heavy atom. The van der Waals surface area contributed by atoms with E-state index < -0.39 is 0 Å². The quantitative estimate of drug-likeness (QED) is 0.893. The van der Waals surface area contributed by atoms with Gasteiger partial charge < -0.3 is 10.1 Å². The van der Waals surface area contributed by atoms with Crippen molar-refractivity contribution in [2.75, 3.05) is 32.8 Å². The molecule has 1 amide bonds. The Balaban J connectivity index is 1.79. The van der Waals surface area contributed by atoms with E-state index in [1.165, 1.54) is 0 Å². The van der Waals surface area contributed by atoms with Gasteiger partial charge in [-0.3, -0.25) is 14.7 Å². The molecular formula is C16H25N3O2. The predicted molar refractivity (Wildman–Crippen MR) is 82.3 cm³/mol. The Labute approximate surface area is 126 Å². The summed E-state index contributed by atoms with van der Waals surface area (Å²) in [5, 5.41) is 2.93. The first kappa shape index (κ1) is 15.9. The third kappa shape index (κ3) is 5.10. The topological polar surface area (TPSA) is 54.5 Å². The van der Waals surface area contributed by atoms with Crippen LogP contribution in [0.4, 0.5) is 0 Å². The number of carbonyl (C=O) groups is 1. The number of pyridine rings is 1. The van der Waals surface area contributed by atoms with Crippen molar-refractivity contribution >= 4 is 5.91 Å². The summed E-state index contributed by atoms with van der Waals surface area (Å²) < 4.78 is 5.72. The fraction of sp³-hybridized carbons (Fsp3) is 0.625. The highest BCUT2D eigenvalue weighted by Gasteiger charge is 2.21. The van der Waals surface area contributed by atoms with Gasteiger partial charge in [-0.25, -0.2) is 0 Å². The first-order valence-electron chi connectivity index (χ1n) is 7.59. The van der Waals surface area contributed by atoms with Crippen LogP contribution in [-0.4, -0.2) is 54.7 Å². The number of nitrogens with zero attached hydrogens (tertiary/aromatic N) is 2. The van der Waals surface area contributed by atoms with E-state index in [9.17, 15) is 4.79 Å². The number of aromatic nitrogens is 1. The molecule has 1 aliphatic heterocycles. The van der Waals surface area contributed by atoms with Gasteiger partial charge in [-0.15, -0.1) is 0 Å². The predicted octanol–water partition coefficient (Wildman–Crippen LogP) is 1.48. The van der Waals surface area contributed by atoms with Crippen LogP contribution in [-0.2, 0) is 4.74 Å². The Morgan fingerprint density at radius 3 is 3.00 bits per heavy atom. The van der Waals surface area contributed by atoms with Crippen LogP contribution in [0, 0.1) is 12.8 Å². The van der Waals surface area contributed by atoms with Crippen molar-refractivity contribution in [2.24, 2.45) is 5.92 Å². The molecule has 0 bridgehead atoms. The van der Waals surface area contributed by atoms with Crippen molar-refractivity contribution in [2.45, 2.75) is 26.9 Å². The lowest BCUT2D eigenvalue weighted by Gasteiger charge is -2.33. The number of carbonyl (C=O) groups excluding carboxylic acids is 1. The molecule has 5 heteroatoms. The van der Waals surface area contributed by atoms with Gasteiger partial charge in [-0.2, -0.15) is 0 Å². The van der Waals surface area contributed by atoms with E-state index in [1.54, 1.807) is 12.3 Å². The van der Waals surface area contributed by atoms with Gasteiger partial charge in [0.1, 0.15) is 0 Å². The molecule has 0 spiro atoms. The van der Waals surface area contributed by atoms with Gasteiger partial charge >= 0.3 is 0 Å². The van der Waals surface area contributed by atoms with Crippen LogP contribution in [0.5, 0.6) is 0 Å². The molecule has 0 aromatic carbocycles. The molecule has 1 aromatic rings. The first-order chi connectivity index (χ1) is 10.0. The summed E-state index contributed by atoms with van der Waals surface area (Å²) in [7, 11) is 0. The molecule has 1 aromatic heterocycles. The number of aryl methyl sites for hydroxylation is 1. The number of ether oxygens (including phenoxy) is 1. The van der Waals surface area contributed by atoms with Crippen molar-refractivity contribution in [1.29, 1.82) is 0 Å². The lowest BCUT2D eigenvalue weighted by molar-refractivity contribution is -0.0295. The number of rotatable bonds is 5. The van der Waals surface area contributed by atoms with Gasteiger partial charge in [-0.1, -0.05) is 13.8 Å². The summed E-state index contributed by atoms with van der Waals surface area (Å²) in [6.45, 7) is 10.6. The molecule has 0 aliphatic carbocycles. The zero-order valence-electron chi connectivity index (χ0n) is 13.1. The van der Waals surface area contributed by atoms with Crippen molar-refractivity contribution in [3.8, 4) is 0 Å². The molecule has 5 nitrogen and oxygen atoms in total. The Morgan fingerprint density at radius 1 is 1.52 bits per heavy atom. The van der Waals surface area contributed by atoms with Gasteiger partial charge in [0.2, 0.25) is 0 Å². The summed E-state index contributed by atoms with van der Waals surface area (Å²) >= 11 is 0. The second-order valence-electron chi connectivity index (χ2n) is 6.04. The zero-order chi connectivity index (χ0) is 15.2. The lowest BCUT2D eigenvalue weighted by atomic mass is 10.1. The lowest BCUT2D eigenvalue weighted by Crippen LogP contribution is -2.48. The molecule has 1 unspecified atom stereocenters. The number of hydrogen-bond donors (Lipinski definition) is 1. The molecule has 1 saturated heterocycles. The van der Waals surface area contributed by atoms with E-state index >= 15 is 0 Å².